The van der Waals surface area contributed by atoms with Gasteiger partial charge in [-0.05, 0) is 31.2 Å². The number of nitrogens with one attached hydrogen (secondary N) is 2. The Hall–Kier alpha value is -3.49. The quantitative estimate of drug-likeness (QED) is 0.585. The molecule has 1 aromatic carbocycles. The van der Waals surface area contributed by atoms with Gasteiger partial charge in [0.25, 0.3) is 0 Å². The van der Waals surface area contributed by atoms with Crippen LogP contribution in [0.15, 0.2) is 41.4 Å². The monoisotopic (exact) mass is 467 g/mol. The van der Waals surface area contributed by atoms with Crippen molar-refractivity contribution in [3.63, 3.8) is 0 Å². The molecule has 9 nitrogen and oxygen atoms in total. The highest BCUT2D eigenvalue weighted by Crippen LogP contribution is 2.23. The van der Waals surface area contributed by atoms with Gasteiger partial charge in [0.1, 0.15) is 12.1 Å². The number of hydrogen-bond acceptors (Lipinski definition) is 6. The van der Waals surface area contributed by atoms with Gasteiger partial charge in [0.05, 0.1) is 12.5 Å². The van der Waals surface area contributed by atoms with Crippen LogP contribution in [-0.4, -0.2) is 57.4 Å². The Labute approximate surface area is 200 Å². The molecule has 182 valence electrons. The van der Waals surface area contributed by atoms with Crippen molar-refractivity contribution >= 4 is 23.3 Å². The molecule has 1 saturated heterocycles. The largest absolute Gasteiger partial charge is 0.347 e. The molecule has 1 aromatic heterocycles. The van der Waals surface area contributed by atoms with Gasteiger partial charge in [0.2, 0.25) is 23.6 Å². The van der Waals surface area contributed by atoms with Crippen LogP contribution in [0.25, 0.3) is 5.57 Å². The fourth-order valence-electron chi connectivity index (χ4n) is 4.19. The number of carbonyl (C=O) groups excluding carboxylic acids is 3. The second-order valence-corrected chi connectivity index (χ2v) is 9.04. The highest BCUT2D eigenvalue weighted by atomic mass is 16.5. The summed E-state index contributed by atoms with van der Waals surface area (Å²) in [5.74, 6) is 0.0184. The summed E-state index contributed by atoms with van der Waals surface area (Å²) in [6.07, 6.45) is 1.79. The average Bonchev–Trinajstić information content (AvgIpc) is 3.46. The number of benzene rings is 1. The number of carbonyl (C=O) groups is 3. The van der Waals surface area contributed by atoms with Gasteiger partial charge < -0.3 is 20.1 Å². The van der Waals surface area contributed by atoms with Crippen molar-refractivity contribution < 1.29 is 18.9 Å². The van der Waals surface area contributed by atoms with Gasteiger partial charge in [-0.2, -0.15) is 4.98 Å². The summed E-state index contributed by atoms with van der Waals surface area (Å²) in [6.45, 7) is 11.5. The molecule has 1 aliphatic heterocycles. The van der Waals surface area contributed by atoms with E-state index in [9.17, 15) is 14.4 Å². The molecule has 34 heavy (non-hydrogen) atoms. The maximum Gasteiger partial charge on any atom is 0.245 e. The maximum absolute atomic E-state index is 13.2. The van der Waals surface area contributed by atoms with Crippen LogP contribution in [0.5, 0.6) is 0 Å². The Morgan fingerprint density at radius 3 is 2.53 bits per heavy atom. The standard InChI is InChI=1S/C25H33N5O4/c1-15(2)22(16(3)23-27-21(34-29-23)14-19-10-7-6-8-11-19)28-24(32)20-12-9-13-30(20)25(33)17(4)26-18(5)31/h6-8,10-11,15,17,20,22H,3,9,12-14H2,1-2,4-5H3,(H,26,31)(H,28,32)/t17-,20-,22?/m0/s1. The summed E-state index contributed by atoms with van der Waals surface area (Å²) in [6, 6.07) is 8.09. The zero-order valence-electron chi connectivity index (χ0n) is 20.2. The molecule has 0 aliphatic carbocycles. The Morgan fingerprint density at radius 1 is 1.18 bits per heavy atom. The van der Waals surface area contributed by atoms with Gasteiger partial charge in [-0.1, -0.05) is 55.9 Å². The lowest BCUT2D eigenvalue weighted by Crippen LogP contribution is -2.54. The number of amides is 3. The lowest BCUT2D eigenvalue weighted by atomic mass is 9.96. The van der Waals surface area contributed by atoms with E-state index in [1.165, 1.54) is 6.92 Å². The predicted octanol–water partition coefficient (Wildman–Crippen LogP) is 2.33. The fourth-order valence-corrected chi connectivity index (χ4v) is 4.19. The molecule has 3 amide bonds. The highest BCUT2D eigenvalue weighted by Gasteiger charge is 2.37. The number of likely N-dealkylation sites (tertiary alicyclic amines) is 1. The van der Waals surface area contributed by atoms with Crippen molar-refractivity contribution in [1.29, 1.82) is 0 Å². The molecule has 1 unspecified atom stereocenters. The minimum absolute atomic E-state index is 0.0105. The van der Waals surface area contributed by atoms with E-state index in [0.29, 0.717) is 36.7 Å². The summed E-state index contributed by atoms with van der Waals surface area (Å²) in [5, 5.41) is 9.71. The number of nitrogens with zero attached hydrogens (tertiary/aromatic N) is 3. The molecule has 0 bridgehead atoms. The SMILES string of the molecule is C=C(c1noc(Cc2ccccc2)n1)C(NC(=O)[C@@H]1CCCN1C(=O)[C@H](C)NC(C)=O)C(C)C. The van der Waals surface area contributed by atoms with Crippen LogP contribution in [0, 0.1) is 5.92 Å². The van der Waals surface area contributed by atoms with Crippen LogP contribution in [-0.2, 0) is 20.8 Å². The second kappa shape index (κ2) is 11.1. The Kier molecular flexibility index (Phi) is 8.20. The fraction of sp³-hybridized carbons (Fsp3) is 0.480. The van der Waals surface area contributed by atoms with E-state index in [4.69, 9.17) is 4.52 Å². The third kappa shape index (κ3) is 6.09. The van der Waals surface area contributed by atoms with Gasteiger partial charge in [-0.3, -0.25) is 14.4 Å². The topological polar surface area (TPSA) is 117 Å². The Balaban J connectivity index is 1.68. The number of aromatic nitrogens is 2. The summed E-state index contributed by atoms with van der Waals surface area (Å²) < 4.78 is 5.41. The lowest BCUT2D eigenvalue weighted by molar-refractivity contribution is -0.141. The Bertz CT molecular complexity index is 1030. The molecular formula is C25H33N5O4. The smallest absolute Gasteiger partial charge is 0.245 e. The maximum atomic E-state index is 13.2. The van der Waals surface area contributed by atoms with E-state index in [-0.39, 0.29) is 23.6 Å². The van der Waals surface area contributed by atoms with Crippen LogP contribution in [0.1, 0.15) is 57.8 Å². The van der Waals surface area contributed by atoms with E-state index in [1.807, 2.05) is 44.2 Å². The lowest BCUT2D eigenvalue weighted by Gasteiger charge is -2.30. The first kappa shape index (κ1) is 25.1. The molecule has 1 fully saturated rings. The van der Waals surface area contributed by atoms with E-state index < -0.39 is 18.1 Å². The molecule has 0 spiro atoms. The van der Waals surface area contributed by atoms with Crippen LogP contribution in [0.3, 0.4) is 0 Å². The summed E-state index contributed by atoms with van der Waals surface area (Å²) in [7, 11) is 0. The second-order valence-electron chi connectivity index (χ2n) is 9.04. The zero-order valence-corrected chi connectivity index (χ0v) is 20.2. The van der Waals surface area contributed by atoms with E-state index in [0.717, 1.165) is 12.0 Å². The summed E-state index contributed by atoms with van der Waals surface area (Å²) in [4.78, 5) is 43.4. The summed E-state index contributed by atoms with van der Waals surface area (Å²) in [5.41, 5.74) is 1.60. The van der Waals surface area contributed by atoms with Crippen molar-refractivity contribution in [1.82, 2.24) is 25.7 Å². The van der Waals surface area contributed by atoms with Gasteiger partial charge in [0, 0.05) is 19.0 Å². The van der Waals surface area contributed by atoms with Gasteiger partial charge in [-0.15, -0.1) is 0 Å². The molecule has 2 N–H and O–H groups in total. The Morgan fingerprint density at radius 2 is 1.88 bits per heavy atom. The van der Waals surface area contributed by atoms with Crippen molar-refractivity contribution in [3.05, 3.63) is 54.2 Å². The average molecular weight is 468 g/mol. The first-order chi connectivity index (χ1) is 16.2. The van der Waals surface area contributed by atoms with Crippen LogP contribution < -0.4 is 10.6 Å². The predicted molar refractivity (Wildman–Crippen MR) is 127 cm³/mol. The number of rotatable bonds is 9. The third-order valence-electron chi connectivity index (χ3n) is 5.92. The van der Waals surface area contributed by atoms with Crippen molar-refractivity contribution in [2.75, 3.05) is 6.54 Å². The zero-order chi connectivity index (χ0) is 24.8. The van der Waals surface area contributed by atoms with Crippen LogP contribution in [0.2, 0.25) is 0 Å². The van der Waals surface area contributed by atoms with E-state index in [2.05, 4.69) is 27.4 Å². The molecule has 0 saturated carbocycles. The van der Waals surface area contributed by atoms with Crippen molar-refractivity contribution in [2.24, 2.45) is 5.92 Å². The minimum atomic E-state index is -0.691. The molecule has 0 radical (unpaired) electrons. The van der Waals surface area contributed by atoms with Crippen molar-refractivity contribution in [2.45, 2.75) is 65.1 Å². The minimum Gasteiger partial charge on any atom is -0.347 e. The normalized spacial score (nSPS) is 17.3. The third-order valence-corrected chi connectivity index (χ3v) is 5.92. The molecule has 2 aromatic rings. The molecule has 9 heteroatoms. The highest BCUT2D eigenvalue weighted by molar-refractivity contribution is 5.92. The molecule has 3 atom stereocenters. The first-order valence-corrected chi connectivity index (χ1v) is 11.6. The number of hydrogen-bond donors (Lipinski definition) is 2. The van der Waals surface area contributed by atoms with E-state index >= 15 is 0 Å². The van der Waals surface area contributed by atoms with E-state index in [1.54, 1.807) is 11.8 Å². The molecule has 2 heterocycles. The molecular weight excluding hydrogens is 434 g/mol. The first-order valence-electron chi connectivity index (χ1n) is 11.6. The van der Waals surface area contributed by atoms with Gasteiger partial charge in [0.15, 0.2) is 5.82 Å². The molecule has 1 aliphatic rings. The summed E-state index contributed by atoms with van der Waals surface area (Å²) >= 11 is 0. The van der Waals surface area contributed by atoms with Crippen LogP contribution in [0.4, 0.5) is 0 Å². The van der Waals surface area contributed by atoms with Crippen molar-refractivity contribution in [3.8, 4) is 0 Å². The van der Waals surface area contributed by atoms with Crippen LogP contribution >= 0.6 is 0 Å². The van der Waals surface area contributed by atoms with Gasteiger partial charge >= 0.3 is 0 Å². The van der Waals surface area contributed by atoms with Gasteiger partial charge in [-0.25, -0.2) is 0 Å². The molecule has 3 rings (SSSR count).